The molecule has 0 spiro atoms. The summed E-state index contributed by atoms with van der Waals surface area (Å²) in [4.78, 5) is 34.0. The number of carbonyl (C=O) groups is 2. The largest absolute Gasteiger partial charge is 0.416 e. The van der Waals surface area contributed by atoms with Gasteiger partial charge in [-0.3, -0.25) is 9.59 Å². The number of nitrogens with two attached hydrogens (primary N) is 1. The Morgan fingerprint density at radius 3 is 2.45 bits per heavy atom. The van der Waals surface area contributed by atoms with Crippen molar-refractivity contribution in [3.63, 3.8) is 0 Å². The summed E-state index contributed by atoms with van der Waals surface area (Å²) in [6.45, 7) is 5.76. The average Bonchev–Trinajstić information content (AvgIpc) is 2.98. The zero-order valence-corrected chi connectivity index (χ0v) is 25.1. The Balaban J connectivity index is 1.31. The second kappa shape index (κ2) is 12.8. The lowest BCUT2D eigenvalue weighted by Crippen LogP contribution is -2.56. The summed E-state index contributed by atoms with van der Waals surface area (Å²) in [5, 5.41) is 14.3. The van der Waals surface area contributed by atoms with Gasteiger partial charge in [0.2, 0.25) is 11.9 Å². The molecule has 3 aromatic rings. The third kappa shape index (κ3) is 7.15. The number of likely N-dealkylation sites (tertiary alicyclic amines) is 1. The van der Waals surface area contributed by atoms with Gasteiger partial charge in [0.15, 0.2) is 11.5 Å². The number of benzene rings is 2. The number of piperidine rings is 2. The van der Waals surface area contributed by atoms with Gasteiger partial charge in [-0.15, -0.1) is 10.2 Å². The van der Waals surface area contributed by atoms with Crippen LogP contribution in [0, 0.1) is 0 Å². The summed E-state index contributed by atoms with van der Waals surface area (Å²) in [6, 6.07) is 10.1. The molecule has 2 aromatic carbocycles. The molecular formula is C30H34ClF3N8O2. The van der Waals surface area contributed by atoms with Gasteiger partial charge in [0, 0.05) is 42.1 Å². The number of amides is 2. The number of nitrogens with one attached hydrogen (secondary N) is 2. The van der Waals surface area contributed by atoms with E-state index in [1.165, 1.54) is 6.07 Å². The van der Waals surface area contributed by atoms with Crippen LogP contribution < -0.4 is 21.3 Å². The number of alkyl halides is 3. The molecule has 0 bridgehead atoms. The highest BCUT2D eigenvalue weighted by molar-refractivity contribution is 6.31. The fraction of sp³-hybridized carbons (Fsp3) is 0.433. The maximum Gasteiger partial charge on any atom is 0.416 e. The zero-order valence-electron chi connectivity index (χ0n) is 24.4. The van der Waals surface area contributed by atoms with Crippen LogP contribution in [0.15, 0.2) is 42.5 Å². The van der Waals surface area contributed by atoms with Crippen LogP contribution in [0.4, 0.5) is 36.3 Å². The normalized spacial score (nSPS) is 19.3. The molecule has 14 heteroatoms. The van der Waals surface area contributed by atoms with E-state index in [1.54, 1.807) is 4.90 Å². The molecular weight excluding hydrogens is 597 g/mol. The second-order valence-corrected chi connectivity index (χ2v) is 11.9. The Kier molecular flexibility index (Phi) is 9.14. The second-order valence-electron chi connectivity index (χ2n) is 11.4. The minimum absolute atomic E-state index is 0.0669. The lowest BCUT2D eigenvalue weighted by Gasteiger charge is -2.43. The number of hydrogen-bond acceptors (Lipinski definition) is 8. The molecule has 1 aromatic heterocycles. The van der Waals surface area contributed by atoms with Crippen LogP contribution in [0.5, 0.6) is 0 Å². The fourth-order valence-electron chi connectivity index (χ4n) is 5.62. The topological polar surface area (TPSA) is 129 Å². The van der Waals surface area contributed by atoms with Crippen molar-refractivity contribution in [2.45, 2.75) is 63.7 Å². The predicted octanol–water partition coefficient (Wildman–Crippen LogP) is 5.58. The molecule has 0 saturated carbocycles. The van der Waals surface area contributed by atoms with Crippen LogP contribution in [0.2, 0.25) is 5.02 Å². The highest BCUT2D eigenvalue weighted by Gasteiger charge is 2.37. The van der Waals surface area contributed by atoms with Gasteiger partial charge in [0.1, 0.15) is 6.04 Å². The summed E-state index contributed by atoms with van der Waals surface area (Å²) < 4.78 is 39.9. The van der Waals surface area contributed by atoms with E-state index in [0.29, 0.717) is 50.0 Å². The van der Waals surface area contributed by atoms with Crippen LogP contribution >= 0.6 is 11.6 Å². The molecule has 2 fully saturated rings. The minimum Gasteiger partial charge on any atom is -0.374 e. The van der Waals surface area contributed by atoms with Gasteiger partial charge < -0.3 is 26.2 Å². The molecule has 3 heterocycles. The van der Waals surface area contributed by atoms with Gasteiger partial charge in [-0.1, -0.05) is 37.6 Å². The van der Waals surface area contributed by atoms with Crippen LogP contribution in [0.1, 0.15) is 67.1 Å². The molecule has 0 radical (unpaired) electrons. The summed E-state index contributed by atoms with van der Waals surface area (Å²) in [6.07, 6.45) is -1.91. The molecule has 234 valence electrons. The lowest BCUT2D eigenvalue weighted by atomic mass is 9.97. The van der Waals surface area contributed by atoms with E-state index in [4.69, 9.17) is 17.3 Å². The summed E-state index contributed by atoms with van der Waals surface area (Å²) in [5.74, 6) is -0.124. The number of anilines is 4. The Morgan fingerprint density at radius 1 is 1.05 bits per heavy atom. The molecule has 2 aliphatic heterocycles. The van der Waals surface area contributed by atoms with Crippen molar-refractivity contribution in [1.82, 2.24) is 20.1 Å². The first-order valence-electron chi connectivity index (χ1n) is 14.5. The first-order chi connectivity index (χ1) is 20.9. The number of rotatable bonds is 8. The van der Waals surface area contributed by atoms with Crippen molar-refractivity contribution in [3.8, 4) is 0 Å². The van der Waals surface area contributed by atoms with Crippen molar-refractivity contribution >= 4 is 46.6 Å². The fourth-order valence-corrected chi connectivity index (χ4v) is 5.85. The number of hydrogen-bond donors (Lipinski definition) is 3. The molecule has 4 N–H and O–H groups in total. The molecule has 2 aliphatic rings. The zero-order chi connectivity index (χ0) is 31.6. The van der Waals surface area contributed by atoms with E-state index in [9.17, 15) is 22.8 Å². The minimum atomic E-state index is -4.56. The molecule has 44 heavy (non-hydrogen) atoms. The number of carbonyl (C=O) groups excluding carboxylic acids is 2. The average molecular weight is 631 g/mol. The first kappa shape index (κ1) is 31.3. The van der Waals surface area contributed by atoms with Gasteiger partial charge in [0.05, 0.1) is 5.56 Å². The van der Waals surface area contributed by atoms with E-state index in [2.05, 4.69) is 39.7 Å². The van der Waals surface area contributed by atoms with E-state index in [1.807, 2.05) is 29.2 Å². The summed E-state index contributed by atoms with van der Waals surface area (Å²) >= 11 is 5.95. The molecule has 2 atom stereocenters. The maximum absolute atomic E-state index is 13.6. The maximum atomic E-state index is 13.6. The highest BCUT2D eigenvalue weighted by atomic mass is 35.5. The van der Waals surface area contributed by atoms with Gasteiger partial charge >= 0.3 is 6.18 Å². The van der Waals surface area contributed by atoms with Crippen molar-refractivity contribution in [3.05, 3.63) is 64.3 Å². The SMILES string of the molecule is CC(C)c1ccc(Nc2nc(N3CCC[C@@H](N4CCC[C@@H](Nc5cc(Cl)cc(C(F)(F)F)c5)C4=O)C3)nnc2C(N)=O)cc1. The van der Waals surface area contributed by atoms with E-state index < -0.39 is 23.7 Å². The Morgan fingerprint density at radius 2 is 1.77 bits per heavy atom. The van der Waals surface area contributed by atoms with E-state index in [0.717, 1.165) is 30.5 Å². The first-order valence-corrected chi connectivity index (χ1v) is 14.9. The predicted molar refractivity (Wildman–Crippen MR) is 162 cm³/mol. The van der Waals surface area contributed by atoms with Crippen molar-refractivity contribution < 1.29 is 22.8 Å². The Bertz CT molecular complexity index is 1520. The number of nitrogens with zero attached hydrogens (tertiary/aromatic N) is 5. The van der Waals surface area contributed by atoms with E-state index in [-0.39, 0.29) is 34.2 Å². The van der Waals surface area contributed by atoms with E-state index >= 15 is 0 Å². The molecule has 2 saturated heterocycles. The van der Waals surface area contributed by atoms with Gasteiger partial charge in [-0.25, -0.2) is 0 Å². The quantitative estimate of drug-likeness (QED) is 0.294. The smallest absolute Gasteiger partial charge is 0.374 e. The standard InChI is InChI=1S/C30H34ClF3N8O2/c1-17(2)18-7-9-21(10-8-18)37-27-25(26(35)43)39-40-29(38-27)41-11-3-5-23(16-41)42-12-4-6-24(28(42)44)36-22-14-19(30(32,33)34)13-20(31)15-22/h7-10,13-15,17,23-24,36H,3-6,11-12,16H2,1-2H3,(H2,35,43)(H,37,38,40)/t23-,24-/m1/s1. The van der Waals surface area contributed by atoms with Crippen LogP contribution in [0.25, 0.3) is 0 Å². The third-order valence-electron chi connectivity index (χ3n) is 7.91. The van der Waals surface area contributed by atoms with Gasteiger partial charge in [-0.05, 0) is 67.5 Å². The van der Waals surface area contributed by atoms with Crippen LogP contribution in [-0.2, 0) is 11.0 Å². The number of halogens is 4. The summed E-state index contributed by atoms with van der Waals surface area (Å²) in [5.41, 5.74) is 6.59. The number of primary amides is 1. The molecule has 5 rings (SSSR count). The summed E-state index contributed by atoms with van der Waals surface area (Å²) in [7, 11) is 0. The lowest BCUT2D eigenvalue weighted by molar-refractivity contribution is -0.137. The van der Waals surface area contributed by atoms with Gasteiger partial charge in [-0.2, -0.15) is 18.2 Å². The third-order valence-corrected chi connectivity index (χ3v) is 8.13. The number of aromatic nitrogens is 3. The monoisotopic (exact) mass is 630 g/mol. The molecule has 10 nitrogen and oxygen atoms in total. The Labute approximate surface area is 258 Å². The molecule has 2 amide bonds. The van der Waals surface area contributed by atoms with Crippen molar-refractivity contribution in [1.29, 1.82) is 0 Å². The van der Waals surface area contributed by atoms with Gasteiger partial charge in [0.25, 0.3) is 5.91 Å². The highest BCUT2D eigenvalue weighted by Crippen LogP contribution is 2.34. The Hall–Kier alpha value is -4.13. The molecule has 0 unspecified atom stereocenters. The van der Waals surface area contributed by atoms with Crippen molar-refractivity contribution in [2.75, 3.05) is 35.2 Å². The van der Waals surface area contributed by atoms with Crippen LogP contribution in [0.3, 0.4) is 0 Å². The van der Waals surface area contributed by atoms with Crippen LogP contribution in [-0.4, -0.2) is 63.6 Å². The molecule has 0 aliphatic carbocycles. The van der Waals surface area contributed by atoms with Crippen molar-refractivity contribution in [2.24, 2.45) is 5.73 Å².